The highest BCUT2D eigenvalue weighted by Gasteiger charge is 2.11. The van der Waals surface area contributed by atoms with Crippen LogP contribution in [0.1, 0.15) is 38.5 Å². The highest BCUT2D eigenvalue weighted by Crippen LogP contribution is 2.08. The zero-order valence-electron chi connectivity index (χ0n) is 18.5. The van der Waals surface area contributed by atoms with Gasteiger partial charge < -0.3 is 25.3 Å². The number of rotatable bonds is 9. The fourth-order valence-corrected chi connectivity index (χ4v) is 2.85. The fraction of sp³-hybridized carbons (Fsp3) is 0.409. The Morgan fingerprint density at radius 3 is 2.42 bits per heavy atom. The molecule has 170 valence electrons. The Kier molecular flexibility index (Phi) is 11.7. The van der Waals surface area contributed by atoms with Crippen LogP contribution in [0.5, 0.6) is 0 Å². The first-order valence-corrected chi connectivity index (χ1v) is 9.99. The van der Waals surface area contributed by atoms with Gasteiger partial charge in [0.25, 0.3) is 11.8 Å². The first-order valence-electron chi connectivity index (χ1n) is 9.99. The van der Waals surface area contributed by atoms with Crippen molar-refractivity contribution in [2.45, 2.75) is 19.8 Å². The van der Waals surface area contributed by atoms with Gasteiger partial charge in [0.1, 0.15) is 0 Å². The van der Waals surface area contributed by atoms with Crippen molar-refractivity contribution in [2.24, 2.45) is 4.99 Å². The molecule has 0 fully saturated rings. The normalized spacial score (nSPS) is 10.8. The maximum Gasteiger partial charge on any atom is 0.287 e. The lowest BCUT2D eigenvalue weighted by molar-refractivity contribution is 0.0827. The molecule has 1 aromatic heterocycles. The van der Waals surface area contributed by atoms with E-state index in [0.717, 1.165) is 24.0 Å². The van der Waals surface area contributed by atoms with Crippen LogP contribution in [0.2, 0.25) is 0 Å². The number of carbonyl (C=O) groups excluding carboxylic acids is 2. The molecule has 9 heteroatoms. The van der Waals surface area contributed by atoms with Crippen molar-refractivity contribution >= 4 is 41.8 Å². The molecule has 0 atom stereocenters. The van der Waals surface area contributed by atoms with Gasteiger partial charge in [-0.1, -0.05) is 12.1 Å². The zero-order valence-corrected chi connectivity index (χ0v) is 20.9. The Morgan fingerprint density at radius 1 is 1.06 bits per heavy atom. The van der Waals surface area contributed by atoms with Gasteiger partial charge in [-0.25, -0.2) is 0 Å². The second-order valence-electron chi connectivity index (χ2n) is 7.12. The van der Waals surface area contributed by atoms with Crippen LogP contribution in [-0.2, 0) is 6.42 Å². The van der Waals surface area contributed by atoms with Crippen LogP contribution in [0, 0.1) is 6.92 Å². The predicted molar refractivity (Wildman–Crippen MR) is 133 cm³/mol. The molecule has 0 unspecified atom stereocenters. The number of hydrogen-bond donors (Lipinski definition) is 3. The maximum atomic E-state index is 12.1. The van der Waals surface area contributed by atoms with Crippen LogP contribution in [0.25, 0.3) is 0 Å². The summed E-state index contributed by atoms with van der Waals surface area (Å²) in [6.45, 7) is 3.74. The number of benzene rings is 1. The van der Waals surface area contributed by atoms with Crippen molar-refractivity contribution in [3.05, 3.63) is 59.0 Å². The van der Waals surface area contributed by atoms with Crippen LogP contribution in [0.4, 0.5) is 0 Å². The van der Waals surface area contributed by atoms with E-state index in [1.807, 2.05) is 31.2 Å². The molecule has 2 amide bonds. The van der Waals surface area contributed by atoms with Crippen molar-refractivity contribution in [3.8, 4) is 0 Å². The minimum atomic E-state index is -0.199. The Hall–Kier alpha value is -2.56. The summed E-state index contributed by atoms with van der Waals surface area (Å²) in [5.74, 6) is 0.854. The Morgan fingerprint density at radius 2 is 1.77 bits per heavy atom. The number of furan rings is 1. The van der Waals surface area contributed by atoms with E-state index in [4.69, 9.17) is 4.42 Å². The number of hydrogen-bond acceptors (Lipinski definition) is 4. The van der Waals surface area contributed by atoms with Crippen molar-refractivity contribution in [2.75, 3.05) is 40.8 Å². The number of carbonyl (C=O) groups is 2. The molecular formula is C22H32IN5O3. The van der Waals surface area contributed by atoms with E-state index in [-0.39, 0.29) is 35.8 Å². The molecule has 31 heavy (non-hydrogen) atoms. The molecule has 0 saturated heterocycles. The first-order chi connectivity index (χ1) is 14.4. The largest absolute Gasteiger partial charge is 0.459 e. The minimum Gasteiger partial charge on any atom is -0.459 e. The summed E-state index contributed by atoms with van der Waals surface area (Å²) >= 11 is 0. The van der Waals surface area contributed by atoms with Crippen LogP contribution < -0.4 is 16.0 Å². The lowest BCUT2D eigenvalue weighted by Gasteiger charge is -2.13. The summed E-state index contributed by atoms with van der Waals surface area (Å²) in [4.78, 5) is 29.8. The molecule has 0 aliphatic rings. The van der Waals surface area contributed by atoms with Crippen molar-refractivity contribution in [3.63, 3.8) is 0 Å². The number of aliphatic imine (C=N–C) groups is 1. The molecule has 0 aliphatic carbocycles. The van der Waals surface area contributed by atoms with Crippen molar-refractivity contribution in [1.29, 1.82) is 0 Å². The Balaban J connectivity index is 0.00000480. The first kappa shape index (κ1) is 26.5. The van der Waals surface area contributed by atoms with Gasteiger partial charge in [0.05, 0.1) is 6.26 Å². The summed E-state index contributed by atoms with van der Waals surface area (Å²) in [6, 6.07) is 9.42. The smallest absolute Gasteiger partial charge is 0.287 e. The van der Waals surface area contributed by atoms with Gasteiger partial charge in [-0.2, -0.15) is 0 Å². The molecule has 1 aromatic carbocycles. The highest BCUT2D eigenvalue weighted by atomic mass is 127. The van der Waals surface area contributed by atoms with Gasteiger partial charge in [0.2, 0.25) is 0 Å². The molecule has 0 spiro atoms. The summed E-state index contributed by atoms with van der Waals surface area (Å²) in [5, 5.41) is 9.32. The van der Waals surface area contributed by atoms with Gasteiger partial charge >= 0.3 is 0 Å². The third-order valence-electron chi connectivity index (χ3n) is 4.51. The van der Waals surface area contributed by atoms with Crippen LogP contribution in [0.3, 0.4) is 0 Å². The molecule has 1 heterocycles. The lowest BCUT2D eigenvalue weighted by Crippen LogP contribution is -2.39. The van der Waals surface area contributed by atoms with E-state index in [0.29, 0.717) is 36.9 Å². The predicted octanol–water partition coefficient (Wildman–Crippen LogP) is 2.44. The molecule has 0 radical (unpaired) electrons. The number of halogens is 1. The molecular weight excluding hydrogens is 509 g/mol. The lowest BCUT2D eigenvalue weighted by atomic mass is 10.1. The van der Waals surface area contributed by atoms with Crippen molar-refractivity contribution < 1.29 is 14.0 Å². The topological polar surface area (TPSA) is 99.0 Å². The van der Waals surface area contributed by atoms with E-state index < -0.39 is 0 Å². The monoisotopic (exact) mass is 541 g/mol. The second-order valence-corrected chi connectivity index (χ2v) is 7.12. The van der Waals surface area contributed by atoms with Gasteiger partial charge in [0, 0.05) is 51.9 Å². The van der Waals surface area contributed by atoms with Gasteiger partial charge in [-0.05, 0) is 43.5 Å². The Labute approximate surface area is 200 Å². The summed E-state index contributed by atoms with van der Waals surface area (Å²) in [5.41, 5.74) is 2.60. The Bertz CT molecular complexity index is 880. The van der Waals surface area contributed by atoms with Crippen LogP contribution >= 0.6 is 24.0 Å². The van der Waals surface area contributed by atoms with Gasteiger partial charge in [0.15, 0.2) is 11.7 Å². The summed E-state index contributed by atoms with van der Waals surface area (Å²) in [6.07, 6.45) is 3.03. The van der Waals surface area contributed by atoms with Gasteiger partial charge in [-0.3, -0.25) is 14.6 Å². The summed E-state index contributed by atoms with van der Waals surface area (Å²) < 4.78 is 5.17. The van der Waals surface area contributed by atoms with E-state index in [1.54, 1.807) is 32.1 Å². The van der Waals surface area contributed by atoms with E-state index in [1.165, 1.54) is 6.26 Å². The average Bonchev–Trinajstić information content (AvgIpc) is 3.17. The zero-order chi connectivity index (χ0) is 21.9. The molecule has 3 N–H and O–H groups in total. The minimum absolute atomic E-state index is 0. The number of aryl methyl sites for hydroxylation is 1. The number of nitrogens with one attached hydrogen (secondary N) is 3. The van der Waals surface area contributed by atoms with E-state index >= 15 is 0 Å². The number of guanidine groups is 1. The third-order valence-corrected chi connectivity index (χ3v) is 4.51. The van der Waals surface area contributed by atoms with E-state index in [2.05, 4.69) is 20.9 Å². The average molecular weight is 541 g/mol. The quantitative estimate of drug-likeness (QED) is 0.196. The second kappa shape index (κ2) is 13.7. The number of amides is 2. The highest BCUT2D eigenvalue weighted by molar-refractivity contribution is 14.0. The fourth-order valence-electron chi connectivity index (χ4n) is 2.85. The maximum absolute atomic E-state index is 12.1. The third kappa shape index (κ3) is 8.60. The molecule has 0 aliphatic heterocycles. The standard InChI is InChI=1S/C22H31N5O3.HI/c1-16-10-14-30-19(16)20(28)24-11-6-12-25-22(23-2)26-13-9-17-7-5-8-18(15-17)21(29)27(3)4;/h5,7-8,10,14-15H,6,9,11-13H2,1-4H3,(H,24,28)(H2,23,25,26);1H. The SMILES string of the molecule is CN=C(NCCCNC(=O)c1occc1C)NCCc1cccc(C(=O)N(C)C)c1.I. The van der Waals surface area contributed by atoms with Crippen LogP contribution in [-0.4, -0.2) is 63.5 Å². The molecule has 2 aromatic rings. The molecule has 0 bridgehead atoms. The van der Waals surface area contributed by atoms with E-state index in [9.17, 15) is 9.59 Å². The molecule has 0 saturated carbocycles. The van der Waals surface area contributed by atoms with Crippen molar-refractivity contribution in [1.82, 2.24) is 20.9 Å². The van der Waals surface area contributed by atoms with Crippen LogP contribution in [0.15, 0.2) is 46.0 Å². The number of nitrogens with zero attached hydrogens (tertiary/aromatic N) is 2. The van der Waals surface area contributed by atoms with Gasteiger partial charge in [-0.15, -0.1) is 24.0 Å². The molecule has 2 rings (SSSR count). The molecule has 8 nitrogen and oxygen atoms in total. The summed E-state index contributed by atoms with van der Waals surface area (Å²) in [7, 11) is 5.21.